The van der Waals surface area contributed by atoms with E-state index in [-0.39, 0.29) is 11.7 Å². The molecule has 6 heteroatoms. The number of carbonyl (C=O) groups excluding carboxylic acids is 1. The van der Waals surface area contributed by atoms with E-state index in [2.05, 4.69) is 5.16 Å². The number of aryl methyl sites for hydroxylation is 1. The number of benzene rings is 2. The Hall–Kier alpha value is -2.99. The van der Waals surface area contributed by atoms with E-state index >= 15 is 0 Å². The molecule has 0 aliphatic heterocycles. The number of carbonyl (C=O) groups is 1. The van der Waals surface area contributed by atoms with Gasteiger partial charge in [0.1, 0.15) is 17.3 Å². The second-order valence-electron chi connectivity index (χ2n) is 7.42. The topological polar surface area (TPSA) is 49.6 Å². The molecule has 1 amide bonds. The van der Waals surface area contributed by atoms with E-state index in [0.717, 1.165) is 42.0 Å². The minimum absolute atomic E-state index is 0.0373. The highest BCUT2D eigenvalue weighted by molar-refractivity contribution is 5.78. The molecule has 0 saturated heterocycles. The minimum atomic E-state index is -0.282. The van der Waals surface area contributed by atoms with Gasteiger partial charge in [-0.3, -0.25) is 9.69 Å². The van der Waals surface area contributed by atoms with E-state index in [4.69, 9.17) is 4.52 Å². The summed E-state index contributed by atoms with van der Waals surface area (Å²) in [7, 11) is 1.93. The molecule has 0 saturated carbocycles. The average Bonchev–Trinajstić information content (AvgIpc) is 3.21. The van der Waals surface area contributed by atoms with Crippen LogP contribution in [0.25, 0.3) is 11.3 Å². The quantitative estimate of drug-likeness (QED) is 0.498. The number of likely N-dealkylation sites (N-methyl/N-ethyl adjacent to an activating group) is 2. The lowest BCUT2D eigenvalue weighted by Gasteiger charge is -2.24. The molecular formula is C24H28FN3O2. The van der Waals surface area contributed by atoms with Crippen LogP contribution in [0, 0.1) is 5.82 Å². The SMILES string of the molecule is CCN(Cc1cccc(F)c1)C(=O)CN(C)CCCc1cc(-c2ccccc2)no1. The third kappa shape index (κ3) is 6.26. The molecule has 0 aliphatic rings. The van der Waals surface area contributed by atoms with Crippen molar-refractivity contribution in [2.75, 3.05) is 26.7 Å². The van der Waals surface area contributed by atoms with Crippen molar-refractivity contribution in [2.45, 2.75) is 26.3 Å². The second kappa shape index (κ2) is 10.7. The van der Waals surface area contributed by atoms with Crippen LogP contribution in [0.1, 0.15) is 24.7 Å². The van der Waals surface area contributed by atoms with Gasteiger partial charge in [0, 0.05) is 31.1 Å². The van der Waals surface area contributed by atoms with Gasteiger partial charge >= 0.3 is 0 Å². The van der Waals surface area contributed by atoms with Gasteiger partial charge in [0.15, 0.2) is 0 Å². The van der Waals surface area contributed by atoms with Gasteiger partial charge in [-0.2, -0.15) is 0 Å². The fourth-order valence-electron chi connectivity index (χ4n) is 3.34. The molecule has 3 aromatic rings. The van der Waals surface area contributed by atoms with E-state index < -0.39 is 0 Å². The number of rotatable bonds is 10. The number of hydrogen-bond acceptors (Lipinski definition) is 4. The molecule has 0 radical (unpaired) electrons. The van der Waals surface area contributed by atoms with Gasteiger partial charge in [-0.25, -0.2) is 4.39 Å². The Morgan fingerprint density at radius 3 is 2.63 bits per heavy atom. The van der Waals surface area contributed by atoms with Gasteiger partial charge in [0.05, 0.1) is 6.54 Å². The number of halogens is 1. The summed E-state index contributed by atoms with van der Waals surface area (Å²) in [5, 5.41) is 4.14. The van der Waals surface area contributed by atoms with Crippen LogP contribution < -0.4 is 0 Å². The van der Waals surface area contributed by atoms with E-state index in [1.807, 2.05) is 61.3 Å². The maximum Gasteiger partial charge on any atom is 0.237 e. The fraction of sp³-hybridized carbons (Fsp3) is 0.333. The van der Waals surface area contributed by atoms with Crippen LogP contribution in [0.15, 0.2) is 65.2 Å². The first-order chi connectivity index (χ1) is 14.5. The molecule has 2 aromatic carbocycles. The summed E-state index contributed by atoms with van der Waals surface area (Å²) in [6.45, 7) is 4.04. The molecule has 0 atom stereocenters. The lowest BCUT2D eigenvalue weighted by atomic mass is 10.1. The molecule has 1 heterocycles. The standard InChI is InChI=1S/C24H28FN3O2/c1-3-28(17-19-9-7-12-21(25)15-19)24(29)18-27(2)14-8-13-22-16-23(26-30-22)20-10-5-4-6-11-20/h4-7,9-12,15-16H,3,8,13-14,17-18H2,1-2H3. The predicted octanol–water partition coefficient (Wildman–Crippen LogP) is 4.39. The van der Waals surface area contributed by atoms with Crippen molar-refractivity contribution in [3.8, 4) is 11.3 Å². The second-order valence-corrected chi connectivity index (χ2v) is 7.42. The minimum Gasteiger partial charge on any atom is -0.361 e. The van der Waals surface area contributed by atoms with E-state index in [9.17, 15) is 9.18 Å². The maximum atomic E-state index is 13.4. The molecule has 0 spiro atoms. The Balaban J connectivity index is 1.44. The summed E-state index contributed by atoms with van der Waals surface area (Å²) in [5.41, 5.74) is 2.67. The van der Waals surface area contributed by atoms with Crippen LogP contribution in [0.3, 0.4) is 0 Å². The lowest BCUT2D eigenvalue weighted by molar-refractivity contribution is -0.132. The van der Waals surface area contributed by atoms with Crippen molar-refractivity contribution >= 4 is 5.91 Å². The van der Waals surface area contributed by atoms with E-state index in [0.29, 0.717) is 19.6 Å². The molecule has 0 aliphatic carbocycles. The number of amides is 1. The first kappa shape index (κ1) is 21.7. The van der Waals surface area contributed by atoms with Crippen LogP contribution in [-0.2, 0) is 17.8 Å². The zero-order chi connectivity index (χ0) is 21.3. The van der Waals surface area contributed by atoms with Crippen LogP contribution in [0.5, 0.6) is 0 Å². The van der Waals surface area contributed by atoms with Gasteiger partial charge < -0.3 is 9.42 Å². The van der Waals surface area contributed by atoms with Gasteiger partial charge in [-0.1, -0.05) is 47.6 Å². The highest BCUT2D eigenvalue weighted by Crippen LogP contribution is 2.19. The van der Waals surface area contributed by atoms with Crippen molar-refractivity contribution in [1.29, 1.82) is 0 Å². The zero-order valence-corrected chi connectivity index (χ0v) is 17.6. The molecule has 0 bridgehead atoms. The highest BCUT2D eigenvalue weighted by atomic mass is 19.1. The largest absolute Gasteiger partial charge is 0.361 e. The summed E-state index contributed by atoms with van der Waals surface area (Å²) in [5.74, 6) is 0.598. The molecule has 1 aromatic heterocycles. The van der Waals surface area contributed by atoms with Crippen molar-refractivity contribution < 1.29 is 13.7 Å². The molecule has 158 valence electrons. The molecule has 0 unspecified atom stereocenters. The molecule has 3 rings (SSSR count). The monoisotopic (exact) mass is 409 g/mol. The summed E-state index contributed by atoms with van der Waals surface area (Å²) >= 11 is 0. The van der Waals surface area contributed by atoms with Crippen LogP contribution in [0.4, 0.5) is 4.39 Å². The van der Waals surface area contributed by atoms with Crippen LogP contribution in [0.2, 0.25) is 0 Å². The number of nitrogens with zero attached hydrogens (tertiary/aromatic N) is 3. The zero-order valence-electron chi connectivity index (χ0n) is 17.6. The molecule has 0 N–H and O–H groups in total. The Morgan fingerprint density at radius 1 is 1.10 bits per heavy atom. The summed E-state index contributed by atoms with van der Waals surface area (Å²) < 4.78 is 18.8. The lowest BCUT2D eigenvalue weighted by Crippen LogP contribution is -2.38. The van der Waals surface area contributed by atoms with Crippen molar-refractivity contribution in [2.24, 2.45) is 0 Å². The van der Waals surface area contributed by atoms with Gasteiger partial charge in [0.2, 0.25) is 5.91 Å². The molecule has 0 fully saturated rings. The van der Waals surface area contributed by atoms with Crippen molar-refractivity contribution in [1.82, 2.24) is 15.0 Å². The van der Waals surface area contributed by atoms with Gasteiger partial charge in [-0.15, -0.1) is 0 Å². The Bertz CT molecular complexity index is 942. The van der Waals surface area contributed by atoms with E-state index in [1.54, 1.807) is 11.0 Å². The van der Waals surface area contributed by atoms with Crippen LogP contribution >= 0.6 is 0 Å². The average molecular weight is 410 g/mol. The Kier molecular flexibility index (Phi) is 7.74. The first-order valence-electron chi connectivity index (χ1n) is 10.3. The van der Waals surface area contributed by atoms with Crippen LogP contribution in [-0.4, -0.2) is 47.5 Å². The summed E-state index contributed by atoms with van der Waals surface area (Å²) in [6, 6.07) is 18.3. The smallest absolute Gasteiger partial charge is 0.237 e. The Labute approximate surface area is 177 Å². The Morgan fingerprint density at radius 2 is 1.90 bits per heavy atom. The maximum absolute atomic E-state index is 13.4. The first-order valence-corrected chi connectivity index (χ1v) is 10.3. The fourth-order valence-corrected chi connectivity index (χ4v) is 3.34. The highest BCUT2D eigenvalue weighted by Gasteiger charge is 2.15. The van der Waals surface area contributed by atoms with Crippen molar-refractivity contribution in [3.63, 3.8) is 0 Å². The third-order valence-corrected chi connectivity index (χ3v) is 4.99. The summed E-state index contributed by atoms with van der Waals surface area (Å²) in [6.07, 6.45) is 1.63. The number of aromatic nitrogens is 1. The number of hydrogen-bond donors (Lipinski definition) is 0. The molecular weight excluding hydrogens is 381 g/mol. The normalized spacial score (nSPS) is 11.1. The van der Waals surface area contributed by atoms with Gasteiger partial charge in [0.25, 0.3) is 0 Å². The predicted molar refractivity (Wildman–Crippen MR) is 115 cm³/mol. The third-order valence-electron chi connectivity index (χ3n) is 4.99. The molecule has 30 heavy (non-hydrogen) atoms. The molecule has 5 nitrogen and oxygen atoms in total. The van der Waals surface area contributed by atoms with Crippen molar-refractivity contribution in [3.05, 3.63) is 77.8 Å². The summed E-state index contributed by atoms with van der Waals surface area (Å²) in [4.78, 5) is 16.4. The van der Waals surface area contributed by atoms with E-state index in [1.165, 1.54) is 12.1 Å². The van der Waals surface area contributed by atoms with Gasteiger partial charge in [-0.05, 0) is 44.6 Å².